The largest absolute Gasteiger partial charge is 0.372 e. The smallest absolute Gasteiger partial charge is 0.248 e. The summed E-state index contributed by atoms with van der Waals surface area (Å²) < 4.78 is 5.13. The summed E-state index contributed by atoms with van der Waals surface area (Å²) in [5.41, 5.74) is 6.01. The van der Waals surface area contributed by atoms with Crippen molar-refractivity contribution < 1.29 is 9.53 Å². The fourth-order valence-corrected chi connectivity index (χ4v) is 2.79. The molecule has 1 heterocycles. The van der Waals surface area contributed by atoms with Gasteiger partial charge in [0, 0.05) is 25.7 Å². The normalized spacial score (nSPS) is 32.4. The first-order valence-electron chi connectivity index (χ1n) is 5.83. The molecule has 3 unspecified atom stereocenters. The van der Waals surface area contributed by atoms with E-state index < -0.39 is 0 Å². The Bertz CT molecular complexity index is 250. The van der Waals surface area contributed by atoms with Crippen molar-refractivity contribution in [3.8, 4) is 0 Å². The monoisotopic (exact) mass is 248 g/mol. The van der Waals surface area contributed by atoms with Crippen molar-refractivity contribution >= 4 is 18.3 Å². The van der Waals surface area contributed by atoms with Gasteiger partial charge in [-0.25, -0.2) is 0 Å². The van der Waals surface area contributed by atoms with Crippen LogP contribution in [0.1, 0.15) is 19.8 Å². The van der Waals surface area contributed by atoms with Gasteiger partial charge < -0.3 is 15.4 Å². The van der Waals surface area contributed by atoms with Crippen molar-refractivity contribution in [2.75, 3.05) is 26.3 Å². The first kappa shape index (κ1) is 13.7. The zero-order valence-electron chi connectivity index (χ0n) is 9.72. The predicted octanol–water partition coefficient (Wildman–Crippen LogP) is 0.640. The predicted molar refractivity (Wildman–Crippen MR) is 64.5 cm³/mol. The number of amides is 1. The molecule has 1 saturated heterocycles. The van der Waals surface area contributed by atoms with Crippen molar-refractivity contribution in [2.45, 2.75) is 25.8 Å². The Kier molecular flexibility index (Phi) is 5.02. The number of nitrogens with two attached hydrogens (primary N) is 1. The summed E-state index contributed by atoms with van der Waals surface area (Å²) in [6.07, 6.45) is 2.31. The van der Waals surface area contributed by atoms with E-state index in [1.807, 2.05) is 11.8 Å². The molecule has 0 bridgehead atoms. The lowest BCUT2D eigenvalue weighted by atomic mass is 9.98. The van der Waals surface area contributed by atoms with Gasteiger partial charge in [0.15, 0.2) is 0 Å². The van der Waals surface area contributed by atoms with E-state index in [1.165, 1.54) is 6.42 Å². The van der Waals surface area contributed by atoms with Gasteiger partial charge in [-0.1, -0.05) is 0 Å². The molecule has 5 heteroatoms. The Morgan fingerprint density at radius 1 is 1.44 bits per heavy atom. The van der Waals surface area contributed by atoms with E-state index in [9.17, 15) is 4.79 Å². The molecular weight excluding hydrogens is 228 g/mol. The van der Waals surface area contributed by atoms with Gasteiger partial charge >= 0.3 is 0 Å². The molecule has 2 aliphatic rings. The summed E-state index contributed by atoms with van der Waals surface area (Å²) in [7, 11) is 0. The minimum Gasteiger partial charge on any atom is -0.372 e. The molecule has 3 atom stereocenters. The summed E-state index contributed by atoms with van der Waals surface area (Å²) in [4.78, 5) is 13.6. The highest BCUT2D eigenvalue weighted by Crippen LogP contribution is 2.36. The van der Waals surface area contributed by atoms with Crippen LogP contribution in [0, 0.1) is 11.8 Å². The Hall–Kier alpha value is -0.320. The molecule has 0 aromatic rings. The van der Waals surface area contributed by atoms with Crippen molar-refractivity contribution in [2.24, 2.45) is 17.6 Å². The van der Waals surface area contributed by atoms with E-state index in [2.05, 4.69) is 0 Å². The summed E-state index contributed by atoms with van der Waals surface area (Å²) in [6.45, 7) is 4.47. The molecule has 2 rings (SSSR count). The van der Waals surface area contributed by atoms with Crippen molar-refractivity contribution in [3.63, 3.8) is 0 Å². The average Bonchev–Trinajstić information content (AvgIpc) is 2.78. The van der Waals surface area contributed by atoms with Gasteiger partial charge in [-0.15, -0.1) is 12.4 Å². The second-order valence-electron chi connectivity index (χ2n) is 4.60. The molecule has 0 radical (unpaired) electrons. The summed E-state index contributed by atoms with van der Waals surface area (Å²) >= 11 is 0. The van der Waals surface area contributed by atoms with Gasteiger partial charge in [0.05, 0.1) is 0 Å². The topological polar surface area (TPSA) is 55.6 Å². The quantitative estimate of drug-likeness (QED) is 0.798. The molecule has 1 aliphatic heterocycles. The fraction of sp³-hybridized carbons (Fsp3) is 0.909. The number of carbonyl (C=O) groups is 1. The zero-order chi connectivity index (χ0) is 10.8. The number of likely N-dealkylation sites (tertiary alicyclic amines) is 1. The van der Waals surface area contributed by atoms with Crippen molar-refractivity contribution in [1.29, 1.82) is 0 Å². The number of halogens is 1. The Morgan fingerprint density at radius 3 is 2.81 bits per heavy atom. The third kappa shape index (κ3) is 2.67. The molecule has 0 aromatic heterocycles. The maximum absolute atomic E-state index is 11.7. The highest BCUT2D eigenvalue weighted by molar-refractivity contribution is 5.85. The van der Waals surface area contributed by atoms with Crippen LogP contribution in [0.25, 0.3) is 0 Å². The summed E-state index contributed by atoms with van der Waals surface area (Å²) in [6, 6.07) is 0.305. The molecular formula is C11H21ClN2O2. The number of hydrogen-bond donors (Lipinski definition) is 1. The van der Waals surface area contributed by atoms with Crippen LogP contribution in [0.4, 0.5) is 0 Å². The van der Waals surface area contributed by atoms with Crippen LogP contribution in [0.3, 0.4) is 0 Å². The van der Waals surface area contributed by atoms with Gasteiger partial charge in [0.25, 0.3) is 0 Å². The van der Waals surface area contributed by atoms with Gasteiger partial charge in [0.2, 0.25) is 5.91 Å². The maximum atomic E-state index is 11.7. The first-order chi connectivity index (χ1) is 7.22. The van der Waals surface area contributed by atoms with Gasteiger partial charge in [-0.2, -0.15) is 0 Å². The molecule has 2 N–H and O–H groups in total. The van der Waals surface area contributed by atoms with Gasteiger partial charge in [-0.05, 0) is 31.6 Å². The van der Waals surface area contributed by atoms with Crippen LogP contribution in [-0.4, -0.2) is 43.2 Å². The number of rotatable bonds is 3. The average molecular weight is 249 g/mol. The van der Waals surface area contributed by atoms with E-state index in [1.54, 1.807) is 0 Å². The Balaban J connectivity index is 0.00000128. The number of ether oxygens (including phenoxy) is 1. The minimum absolute atomic E-state index is 0. The third-order valence-corrected chi connectivity index (χ3v) is 3.69. The summed E-state index contributed by atoms with van der Waals surface area (Å²) in [5.74, 6) is 1.31. The lowest BCUT2D eigenvalue weighted by Gasteiger charge is -2.18. The Morgan fingerprint density at radius 2 is 2.19 bits per heavy atom. The molecule has 0 aromatic carbocycles. The first-order valence-corrected chi connectivity index (χ1v) is 5.83. The van der Waals surface area contributed by atoms with Crippen LogP contribution in [0.2, 0.25) is 0 Å². The minimum atomic E-state index is 0. The van der Waals surface area contributed by atoms with E-state index in [0.717, 1.165) is 19.5 Å². The molecule has 16 heavy (non-hydrogen) atoms. The van der Waals surface area contributed by atoms with E-state index >= 15 is 0 Å². The van der Waals surface area contributed by atoms with Crippen LogP contribution < -0.4 is 5.73 Å². The zero-order valence-corrected chi connectivity index (χ0v) is 10.5. The van der Waals surface area contributed by atoms with E-state index in [0.29, 0.717) is 24.5 Å². The lowest BCUT2D eigenvalue weighted by molar-refractivity contribution is -0.135. The van der Waals surface area contributed by atoms with Crippen LogP contribution >= 0.6 is 12.4 Å². The standard InChI is InChI=1S/C11H20N2O2.ClH/c1-2-15-7-11(14)13-5-8-3-4-10(12)9(8)6-13;/h8-10H,2-7,12H2,1H3;1H. The van der Waals surface area contributed by atoms with Gasteiger partial charge in [-0.3, -0.25) is 4.79 Å². The van der Waals surface area contributed by atoms with Crippen LogP contribution in [0.15, 0.2) is 0 Å². The third-order valence-electron chi connectivity index (χ3n) is 3.69. The number of fused-ring (bicyclic) bond motifs is 1. The van der Waals surface area contributed by atoms with Crippen molar-refractivity contribution in [3.05, 3.63) is 0 Å². The molecule has 1 saturated carbocycles. The highest BCUT2D eigenvalue weighted by Gasteiger charge is 2.42. The molecule has 94 valence electrons. The van der Waals surface area contributed by atoms with E-state index in [-0.39, 0.29) is 24.9 Å². The molecule has 2 fully saturated rings. The molecule has 1 amide bonds. The van der Waals surface area contributed by atoms with Gasteiger partial charge in [0.1, 0.15) is 6.61 Å². The molecule has 1 aliphatic carbocycles. The maximum Gasteiger partial charge on any atom is 0.248 e. The lowest BCUT2D eigenvalue weighted by Crippen LogP contribution is -2.35. The SMILES string of the molecule is CCOCC(=O)N1CC2CCC(N)C2C1.Cl. The van der Waals surface area contributed by atoms with Crippen molar-refractivity contribution in [1.82, 2.24) is 4.90 Å². The van der Waals surface area contributed by atoms with E-state index in [4.69, 9.17) is 10.5 Å². The second kappa shape index (κ2) is 5.84. The number of hydrogen-bond acceptors (Lipinski definition) is 3. The number of nitrogens with zero attached hydrogens (tertiary/aromatic N) is 1. The summed E-state index contributed by atoms with van der Waals surface area (Å²) in [5, 5.41) is 0. The number of carbonyl (C=O) groups excluding carboxylic acids is 1. The molecule has 4 nitrogen and oxygen atoms in total. The fourth-order valence-electron chi connectivity index (χ4n) is 2.79. The van der Waals surface area contributed by atoms with Crippen LogP contribution in [0.5, 0.6) is 0 Å². The second-order valence-corrected chi connectivity index (χ2v) is 4.60. The Labute approximate surface area is 103 Å². The van der Waals surface area contributed by atoms with Crippen LogP contribution in [-0.2, 0) is 9.53 Å². The molecule has 0 spiro atoms. The highest BCUT2D eigenvalue weighted by atomic mass is 35.5.